The number of aliphatic hydroxyl groups is 1. The number of piperidine rings is 1. The number of likely N-dealkylation sites (tertiary alicyclic amines) is 1. The Kier molecular flexibility index (Phi) is 4.76. The van der Waals surface area contributed by atoms with E-state index in [0.717, 1.165) is 50.7 Å². The summed E-state index contributed by atoms with van der Waals surface area (Å²) in [5.74, 6) is -2.35. The molecule has 1 aromatic rings. The number of ether oxygens (including phenoxy) is 1. The Morgan fingerprint density at radius 3 is 2.33 bits per heavy atom. The van der Waals surface area contributed by atoms with Crippen molar-refractivity contribution in [3.8, 4) is 5.75 Å². The van der Waals surface area contributed by atoms with Crippen LogP contribution in [0.15, 0.2) is 12.1 Å². The molecule has 4 nitrogen and oxygen atoms in total. The van der Waals surface area contributed by atoms with E-state index >= 15 is 0 Å². The molecule has 1 aliphatic carbocycles. The molecule has 0 atom stereocenters. The van der Waals surface area contributed by atoms with Crippen LogP contribution in [-0.4, -0.2) is 42.2 Å². The number of amides is 1. The van der Waals surface area contributed by atoms with Gasteiger partial charge in [-0.05, 0) is 56.1 Å². The third-order valence-electron chi connectivity index (χ3n) is 5.60. The maximum Gasteiger partial charge on any atom is 0.260 e. The van der Waals surface area contributed by atoms with Crippen molar-refractivity contribution in [2.24, 2.45) is 5.41 Å². The second-order valence-corrected chi connectivity index (χ2v) is 6.96. The highest BCUT2D eigenvalue weighted by Crippen LogP contribution is 2.45. The maximum absolute atomic E-state index is 14.1. The first-order valence-corrected chi connectivity index (χ1v) is 8.45. The van der Waals surface area contributed by atoms with Gasteiger partial charge in [0.05, 0.1) is 13.2 Å². The summed E-state index contributed by atoms with van der Waals surface area (Å²) in [4.78, 5) is 14.3. The van der Waals surface area contributed by atoms with E-state index in [4.69, 9.17) is 4.74 Å². The highest BCUT2D eigenvalue weighted by atomic mass is 19.1. The van der Waals surface area contributed by atoms with E-state index < -0.39 is 17.5 Å². The van der Waals surface area contributed by atoms with Gasteiger partial charge in [0, 0.05) is 13.1 Å². The highest BCUT2D eigenvalue weighted by molar-refractivity contribution is 5.97. The van der Waals surface area contributed by atoms with E-state index in [1.807, 2.05) is 0 Å². The molecular weight excluding hydrogens is 316 g/mol. The van der Waals surface area contributed by atoms with E-state index in [0.29, 0.717) is 13.1 Å². The van der Waals surface area contributed by atoms with Crippen molar-refractivity contribution in [3.63, 3.8) is 0 Å². The van der Waals surface area contributed by atoms with Crippen molar-refractivity contribution < 1.29 is 23.4 Å². The molecule has 24 heavy (non-hydrogen) atoms. The molecule has 3 rings (SSSR count). The van der Waals surface area contributed by atoms with Crippen LogP contribution in [0.2, 0.25) is 0 Å². The summed E-state index contributed by atoms with van der Waals surface area (Å²) in [6.07, 6.45) is 5.01. The lowest BCUT2D eigenvalue weighted by Crippen LogP contribution is -2.45. The summed E-state index contributed by atoms with van der Waals surface area (Å²) in [5, 5.41) is 9.67. The third-order valence-corrected chi connectivity index (χ3v) is 5.60. The summed E-state index contributed by atoms with van der Waals surface area (Å²) >= 11 is 0. The van der Waals surface area contributed by atoms with Crippen LogP contribution in [0.25, 0.3) is 0 Å². The van der Waals surface area contributed by atoms with Crippen LogP contribution < -0.4 is 4.74 Å². The number of hydrogen-bond donors (Lipinski definition) is 1. The number of carbonyl (C=O) groups is 1. The number of methoxy groups -OCH3 is 1. The summed E-state index contributed by atoms with van der Waals surface area (Å²) in [7, 11) is 1.23. The lowest BCUT2D eigenvalue weighted by molar-refractivity contribution is 0.0166. The molecule has 2 aliphatic rings. The number of rotatable bonds is 2. The Bertz CT molecular complexity index is 617. The van der Waals surface area contributed by atoms with Crippen molar-refractivity contribution in [2.45, 2.75) is 44.6 Å². The number of halogens is 2. The lowest BCUT2D eigenvalue weighted by Gasteiger charge is -2.45. The SMILES string of the molecule is COc1c(F)ccc(F)c1C(=O)N1CCC2(CCC(O)CC2)CC1. The topological polar surface area (TPSA) is 49.8 Å². The molecular formula is C18H23F2NO3. The Hall–Kier alpha value is -1.69. The predicted octanol–water partition coefficient (Wildman–Crippen LogP) is 3.13. The molecule has 1 saturated carbocycles. The van der Waals surface area contributed by atoms with Crippen LogP contribution >= 0.6 is 0 Å². The monoisotopic (exact) mass is 339 g/mol. The molecule has 0 unspecified atom stereocenters. The molecule has 1 saturated heterocycles. The fourth-order valence-corrected chi connectivity index (χ4v) is 3.99. The van der Waals surface area contributed by atoms with Gasteiger partial charge < -0.3 is 14.7 Å². The molecule has 0 bridgehead atoms. The van der Waals surface area contributed by atoms with Gasteiger partial charge in [0.1, 0.15) is 11.4 Å². The Morgan fingerprint density at radius 2 is 1.75 bits per heavy atom. The standard InChI is InChI=1S/C18H23F2NO3/c1-24-16-14(20)3-2-13(19)15(16)17(23)21-10-8-18(9-11-21)6-4-12(22)5-7-18/h2-3,12,22H,4-11H2,1H3. The van der Waals surface area contributed by atoms with Crippen LogP contribution in [0.4, 0.5) is 8.78 Å². The quantitative estimate of drug-likeness (QED) is 0.901. The van der Waals surface area contributed by atoms with Crippen LogP contribution in [-0.2, 0) is 0 Å². The van der Waals surface area contributed by atoms with E-state index in [9.17, 15) is 18.7 Å². The molecule has 132 valence electrons. The predicted molar refractivity (Wildman–Crippen MR) is 85.0 cm³/mol. The summed E-state index contributed by atoms with van der Waals surface area (Å²) in [6, 6.07) is 1.92. The second kappa shape index (κ2) is 6.67. The molecule has 1 amide bonds. The zero-order valence-corrected chi connectivity index (χ0v) is 13.9. The van der Waals surface area contributed by atoms with Gasteiger partial charge in [-0.1, -0.05) is 0 Å². The Balaban J connectivity index is 1.73. The Morgan fingerprint density at radius 1 is 1.17 bits per heavy atom. The average molecular weight is 339 g/mol. The minimum atomic E-state index is -0.765. The smallest absolute Gasteiger partial charge is 0.260 e. The molecule has 1 heterocycles. The second-order valence-electron chi connectivity index (χ2n) is 6.96. The van der Waals surface area contributed by atoms with E-state index in [1.165, 1.54) is 7.11 Å². The minimum absolute atomic E-state index is 0.181. The normalized spacial score (nSPS) is 21.1. The van der Waals surface area contributed by atoms with Gasteiger partial charge in [-0.2, -0.15) is 0 Å². The van der Waals surface area contributed by atoms with E-state index in [2.05, 4.69) is 0 Å². The van der Waals surface area contributed by atoms with Crippen molar-refractivity contribution in [1.29, 1.82) is 0 Å². The zero-order valence-electron chi connectivity index (χ0n) is 13.9. The van der Waals surface area contributed by atoms with Gasteiger partial charge in [0.2, 0.25) is 0 Å². The van der Waals surface area contributed by atoms with Crippen LogP contribution in [0.5, 0.6) is 5.75 Å². The Labute approximate surface area is 140 Å². The van der Waals surface area contributed by atoms with Crippen LogP contribution in [0, 0.1) is 17.0 Å². The summed E-state index contributed by atoms with van der Waals surface area (Å²) in [6.45, 7) is 1.04. The van der Waals surface area contributed by atoms with Crippen LogP contribution in [0.1, 0.15) is 48.9 Å². The summed E-state index contributed by atoms with van der Waals surface area (Å²) < 4.78 is 32.8. The molecule has 1 aliphatic heterocycles. The fourth-order valence-electron chi connectivity index (χ4n) is 3.99. The molecule has 0 radical (unpaired) electrons. The van der Waals surface area contributed by atoms with E-state index in [1.54, 1.807) is 4.90 Å². The van der Waals surface area contributed by atoms with Crippen molar-refractivity contribution in [1.82, 2.24) is 4.90 Å². The molecule has 6 heteroatoms. The van der Waals surface area contributed by atoms with Crippen molar-refractivity contribution >= 4 is 5.91 Å². The lowest BCUT2D eigenvalue weighted by atomic mass is 9.67. The van der Waals surface area contributed by atoms with Gasteiger partial charge in [-0.15, -0.1) is 0 Å². The van der Waals surface area contributed by atoms with Gasteiger partial charge in [0.25, 0.3) is 5.91 Å². The first-order chi connectivity index (χ1) is 11.5. The zero-order chi connectivity index (χ0) is 17.3. The first kappa shape index (κ1) is 17.1. The molecule has 1 N–H and O–H groups in total. The largest absolute Gasteiger partial charge is 0.493 e. The number of nitrogens with zero attached hydrogens (tertiary/aromatic N) is 1. The van der Waals surface area contributed by atoms with Crippen molar-refractivity contribution in [3.05, 3.63) is 29.3 Å². The van der Waals surface area contributed by atoms with Crippen molar-refractivity contribution in [2.75, 3.05) is 20.2 Å². The van der Waals surface area contributed by atoms with Crippen LogP contribution in [0.3, 0.4) is 0 Å². The number of carbonyl (C=O) groups excluding carboxylic acids is 1. The number of hydrogen-bond acceptors (Lipinski definition) is 3. The van der Waals surface area contributed by atoms with Gasteiger partial charge in [-0.25, -0.2) is 8.78 Å². The van der Waals surface area contributed by atoms with Gasteiger partial charge in [0.15, 0.2) is 11.6 Å². The number of benzene rings is 1. The first-order valence-electron chi connectivity index (χ1n) is 8.45. The third kappa shape index (κ3) is 3.11. The highest BCUT2D eigenvalue weighted by Gasteiger charge is 2.39. The van der Waals surface area contributed by atoms with Gasteiger partial charge >= 0.3 is 0 Å². The maximum atomic E-state index is 14.1. The van der Waals surface area contributed by atoms with Gasteiger partial charge in [-0.3, -0.25) is 4.79 Å². The van der Waals surface area contributed by atoms with E-state index in [-0.39, 0.29) is 22.8 Å². The minimum Gasteiger partial charge on any atom is -0.493 e. The summed E-state index contributed by atoms with van der Waals surface area (Å²) in [5.41, 5.74) is -0.145. The molecule has 2 fully saturated rings. The number of aliphatic hydroxyl groups excluding tert-OH is 1. The molecule has 0 aromatic heterocycles. The molecule has 1 spiro atoms. The molecule has 1 aromatic carbocycles. The average Bonchev–Trinajstić information content (AvgIpc) is 2.59. The fraction of sp³-hybridized carbons (Fsp3) is 0.611.